The van der Waals surface area contributed by atoms with Gasteiger partial charge in [-0.25, -0.2) is 8.78 Å². The van der Waals surface area contributed by atoms with E-state index in [0.717, 1.165) is 25.5 Å². The molecule has 0 radical (unpaired) electrons. The largest absolute Gasteiger partial charge is 0.381 e. The van der Waals surface area contributed by atoms with E-state index in [0.29, 0.717) is 18.6 Å². The molecule has 0 spiro atoms. The number of ether oxygens (including phenoxy) is 1. The van der Waals surface area contributed by atoms with E-state index in [1.165, 1.54) is 6.07 Å². The van der Waals surface area contributed by atoms with Crippen LogP contribution in [0.3, 0.4) is 0 Å². The Kier molecular flexibility index (Phi) is 6.78. The van der Waals surface area contributed by atoms with Gasteiger partial charge >= 0.3 is 0 Å². The predicted octanol–water partition coefficient (Wildman–Crippen LogP) is 2.16. The summed E-state index contributed by atoms with van der Waals surface area (Å²) >= 11 is 0. The molecule has 0 amide bonds. The lowest BCUT2D eigenvalue weighted by atomic mass is 10.0. The molecule has 1 atom stereocenters. The maximum absolute atomic E-state index is 13.0. The van der Waals surface area contributed by atoms with Gasteiger partial charge in [-0.1, -0.05) is 13.0 Å². The van der Waals surface area contributed by atoms with Gasteiger partial charge in [0.2, 0.25) is 0 Å². The van der Waals surface area contributed by atoms with E-state index < -0.39 is 11.6 Å². The zero-order chi connectivity index (χ0) is 13.4. The lowest BCUT2D eigenvalue weighted by Crippen LogP contribution is -2.37. The average molecular weight is 258 g/mol. The lowest BCUT2D eigenvalue weighted by Gasteiger charge is -2.16. The van der Waals surface area contributed by atoms with Crippen LogP contribution < -0.4 is 11.3 Å². The fraction of sp³-hybridized carbons (Fsp3) is 0.538. The number of nitrogens with two attached hydrogens (primary N) is 1. The van der Waals surface area contributed by atoms with E-state index in [2.05, 4.69) is 5.43 Å². The third-order valence-corrected chi connectivity index (χ3v) is 2.66. The third-order valence-electron chi connectivity index (χ3n) is 2.66. The van der Waals surface area contributed by atoms with E-state index in [-0.39, 0.29) is 6.04 Å². The van der Waals surface area contributed by atoms with Gasteiger partial charge in [-0.15, -0.1) is 0 Å². The Morgan fingerprint density at radius 2 is 2.06 bits per heavy atom. The van der Waals surface area contributed by atoms with Crippen LogP contribution in [0.25, 0.3) is 0 Å². The molecule has 1 aromatic rings. The summed E-state index contributed by atoms with van der Waals surface area (Å²) in [4.78, 5) is 0. The topological polar surface area (TPSA) is 47.3 Å². The highest BCUT2D eigenvalue weighted by atomic mass is 19.2. The van der Waals surface area contributed by atoms with Crippen LogP contribution in [-0.2, 0) is 11.2 Å². The van der Waals surface area contributed by atoms with Crippen LogP contribution in [0.4, 0.5) is 8.78 Å². The minimum Gasteiger partial charge on any atom is -0.381 e. The number of rotatable bonds is 8. The van der Waals surface area contributed by atoms with Crippen molar-refractivity contribution in [1.29, 1.82) is 0 Å². The maximum atomic E-state index is 13.0. The van der Waals surface area contributed by atoms with Crippen molar-refractivity contribution in [2.45, 2.75) is 32.2 Å². The van der Waals surface area contributed by atoms with Crippen molar-refractivity contribution in [2.75, 3.05) is 13.2 Å². The highest BCUT2D eigenvalue weighted by molar-refractivity contribution is 5.18. The summed E-state index contributed by atoms with van der Waals surface area (Å²) in [5.74, 6) is 3.77. The highest BCUT2D eigenvalue weighted by Crippen LogP contribution is 2.11. The number of nitrogens with one attached hydrogen (secondary N) is 1. The molecule has 0 saturated heterocycles. The molecule has 0 aliphatic heterocycles. The summed E-state index contributed by atoms with van der Waals surface area (Å²) in [6.07, 6.45) is 2.25. The quantitative estimate of drug-likeness (QED) is 0.427. The molecule has 3 N–H and O–H groups in total. The number of halogens is 2. The van der Waals surface area contributed by atoms with Gasteiger partial charge in [0.1, 0.15) is 0 Å². The maximum Gasteiger partial charge on any atom is 0.159 e. The summed E-state index contributed by atoms with van der Waals surface area (Å²) in [7, 11) is 0. The average Bonchev–Trinajstić information content (AvgIpc) is 2.37. The van der Waals surface area contributed by atoms with E-state index in [9.17, 15) is 8.78 Å². The second kappa shape index (κ2) is 8.13. The first-order chi connectivity index (χ1) is 8.67. The molecule has 0 heterocycles. The minimum atomic E-state index is -0.831. The Balaban J connectivity index is 2.44. The van der Waals surface area contributed by atoms with Crippen molar-refractivity contribution in [1.82, 2.24) is 5.43 Å². The van der Waals surface area contributed by atoms with Crippen molar-refractivity contribution in [3.8, 4) is 0 Å². The number of hydrazine groups is 1. The van der Waals surface area contributed by atoms with Crippen LogP contribution in [0.5, 0.6) is 0 Å². The molecule has 102 valence electrons. The molecule has 0 saturated carbocycles. The second-order valence-corrected chi connectivity index (χ2v) is 4.22. The SMILES string of the molecule is CCCOCCC(Cc1ccc(F)c(F)c1)NN. The Morgan fingerprint density at radius 3 is 2.67 bits per heavy atom. The normalized spacial score (nSPS) is 12.7. The van der Waals surface area contributed by atoms with Gasteiger partial charge in [-0.3, -0.25) is 11.3 Å². The summed E-state index contributed by atoms with van der Waals surface area (Å²) in [6.45, 7) is 3.37. The van der Waals surface area contributed by atoms with Gasteiger partial charge in [-0.2, -0.15) is 0 Å². The van der Waals surface area contributed by atoms with Gasteiger partial charge in [0, 0.05) is 19.3 Å². The van der Waals surface area contributed by atoms with Gasteiger partial charge < -0.3 is 4.74 Å². The Morgan fingerprint density at radius 1 is 1.28 bits per heavy atom. The Bertz CT molecular complexity index is 361. The third kappa shape index (κ3) is 5.08. The molecular formula is C13H20F2N2O. The van der Waals surface area contributed by atoms with Crippen LogP contribution in [0.1, 0.15) is 25.3 Å². The smallest absolute Gasteiger partial charge is 0.159 e. The molecule has 0 fully saturated rings. The van der Waals surface area contributed by atoms with Crippen molar-refractivity contribution in [2.24, 2.45) is 5.84 Å². The molecule has 1 rings (SSSR count). The fourth-order valence-corrected chi connectivity index (χ4v) is 1.67. The molecule has 1 aromatic carbocycles. The van der Waals surface area contributed by atoms with Crippen molar-refractivity contribution in [3.63, 3.8) is 0 Å². The number of benzene rings is 1. The van der Waals surface area contributed by atoms with Gasteiger partial charge in [0.15, 0.2) is 11.6 Å². The summed E-state index contributed by atoms with van der Waals surface area (Å²) in [6, 6.07) is 3.89. The molecule has 3 nitrogen and oxygen atoms in total. The fourth-order valence-electron chi connectivity index (χ4n) is 1.67. The highest BCUT2D eigenvalue weighted by Gasteiger charge is 2.10. The lowest BCUT2D eigenvalue weighted by molar-refractivity contribution is 0.124. The van der Waals surface area contributed by atoms with Crippen molar-refractivity contribution >= 4 is 0 Å². The first-order valence-electron chi connectivity index (χ1n) is 6.15. The molecule has 0 aliphatic carbocycles. The molecule has 18 heavy (non-hydrogen) atoms. The zero-order valence-corrected chi connectivity index (χ0v) is 10.6. The first kappa shape index (κ1) is 15.0. The van der Waals surface area contributed by atoms with Crippen LogP contribution in [-0.4, -0.2) is 19.3 Å². The van der Waals surface area contributed by atoms with Crippen LogP contribution in [0.15, 0.2) is 18.2 Å². The summed E-state index contributed by atoms with van der Waals surface area (Å²) < 4.78 is 31.2. The summed E-state index contributed by atoms with van der Waals surface area (Å²) in [5, 5.41) is 0. The van der Waals surface area contributed by atoms with E-state index in [4.69, 9.17) is 10.6 Å². The molecule has 5 heteroatoms. The minimum absolute atomic E-state index is 0.00767. The van der Waals surface area contributed by atoms with Crippen molar-refractivity contribution < 1.29 is 13.5 Å². The van der Waals surface area contributed by atoms with Crippen molar-refractivity contribution in [3.05, 3.63) is 35.4 Å². The number of hydrogen-bond acceptors (Lipinski definition) is 3. The first-order valence-corrected chi connectivity index (χ1v) is 6.15. The molecule has 0 bridgehead atoms. The Hall–Kier alpha value is -1.04. The molecule has 1 unspecified atom stereocenters. The van der Waals surface area contributed by atoms with E-state index in [1.807, 2.05) is 6.92 Å². The van der Waals surface area contributed by atoms with Gasteiger partial charge in [-0.05, 0) is 37.0 Å². The van der Waals surface area contributed by atoms with Gasteiger partial charge in [0.05, 0.1) is 0 Å². The van der Waals surface area contributed by atoms with Gasteiger partial charge in [0.25, 0.3) is 0 Å². The zero-order valence-electron chi connectivity index (χ0n) is 10.6. The summed E-state index contributed by atoms with van der Waals surface area (Å²) in [5.41, 5.74) is 3.38. The monoisotopic (exact) mass is 258 g/mol. The number of hydrogen-bond donors (Lipinski definition) is 2. The van der Waals surface area contributed by atoms with Crippen LogP contribution in [0, 0.1) is 11.6 Å². The molecule has 0 aliphatic rings. The van der Waals surface area contributed by atoms with E-state index in [1.54, 1.807) is 6.07 Å². The van der Waals surface area contributed by atoms with E-state index >= 15 is 0 Å². The standard InChI is InChI=1S/C13H20F2N2O/c1-2-6-18-7-5-11(17-16)8-10-3-4-12(14)13(15)9-10/h3-4,9,11,17H,2,5-8,16H2,1H3. The predicted molar refractivity (Wildman–Crippen MR) is 66.9 cm³/mol. The Labute approximate surface area is 106 Å². The second-order valence-electron chi connectivity index (χ2n) is 4.22. The van der Waals surface area contributed by atoms with Crippen LogP contribution >= 0.6 is 0 Å². The van der Waals surface area contributed by atoms with Crippen LogP contribution in [0.2, 0.25) is 0 Å². The molecular weight excluding hydrogens is 238 g/mol. The molecule has 0 aromatic heterocycles.